The molecule has 3 aliphatic rings. The van der Waals surface area contributed by atoms with Crippen LogP contribution in [0.1, 0.15) is 32.1 Å². The summed E-state index contributed by atoms with van der Waals surface area (Å²) in [6.45, 7) is 4.03. The van der Waals surface area contributed by atoms with Gasteiger partial charge >= 0.3 is 0 Å². The fourth-order valence-electron chi connectivity index (χ4n) is 4.83. The number of benzene rings is 1. The summed E-state index contributed by atoms with van der Waals surface area (Å²) in [5, 5.41) is 3.19. The summed E-state index contributed by atoms with van der Waals surface area (Å²) in [6, 6.07) is 8.11. The summed E-state index contributed by atoms with van der Waals surface area (Å²) in [7, 11) is 2.15. The number of anilines is 2. The third-order valence-electron chi connectivity index (χ3n) is 6.42. The second kappa shape index (κ2) is 7.39. The Morgan fingerprint density at radius 1 is 1.04 bits per heavy atom. The Kier molecular flexibility index (Phi) is 4.98. The van der Waals surface area contributed by atoms with Gasteiger partial charge in [0.15, 0.2) is 0 Å². The number of fused-ring (bicyclic) bond motifs is 2. The lowest BCUT2D eigenvalue weighted by Gasteiger charge is -2.37. The van der Waals surface area contributed by atoms with E-state index >= 15 is 0 Å². The predicted molar refractivity (Wildman–Crippen MR) is 103 cm³/mol. The maximum absolute atomic E-state index is 12.9. The number of carbonyl (C=O) groups excluding carboxylic acids is 2. The van der Waals surface area contributed by atoms with Crippen molar-refractivity contribution >= 4 is 23.1 Å². The lowest BCUT2D eigenvalue weighted by atomic mass is 9.67. The van der Waals surface area contributed by atoms with Gasteiger partial charge in [0.25, 0.3) is 0 Å². The number of hydrogen-bond donors (Lipinski definition) is 1. The number of rotatable bonds is 3. The highest BCUT2D eigenvalue weighted by atomic mass is 16.2. The van der Waals surface area contributed by atoms with Crippen LogP contribution in [0.3, 0.4) is 0 Å². The van der Waals surface area contributed by atoms with Gasteiger partial charge in [0.05, 0.1) is 11.4 Å². The molecule has 140 valence electrons. The highest BCUT2D eigenvalue weighted by Crippen LogP contribution is 2.40. The van der Waals surface area contributed by atoms with Crippen molar-refractivity contribution < 1.29 is 9.59 Å². The Bertz CT molecular complexity index is 666. The maximum atomic E-state index is 12.9. The lowest BCUT2D eigenvalue weighted by molar-refractivity contribution is -0.136. The second-order valence-electron chi connectivity index (χ2n) is 8.19. The largest absolute Gasteiger partial charge is 0.367 e. The van der Waals surface area contributed by atoms with Crippen LogP contribution in [0, 0.1) is 17.8 Å². The van der Waals surface area contributed by atoms with Gasteiger partial charge in [0.2, 0.25) is 5.91 Å². The molecule has 3 fully saturated rings. The number of carbonyl (C=O) groups is 2. The minimum absolute atomic E-state index is 0.0245. The molecule has 2 unspecified atom stereocenters. The fraction of sp³-hybridized carbons (Fsp3) is 0.619. The van der Waals surface area contributed by atoms with E-state index in [2.05, 4.69) is 28.2 Å². The molecule has 1 aromatic carbocycles. The van der Waals surface area contributed by atoms with Gasteiger partial charge in [0.1, 0.15) is 5.78 Å². The molecule has 0 radical (unpaired) electrons. The van der Waals surface area contributed by atoms with Gasteiger partial charge in [-0.3, -0.25) is 9.59 Å². The third-order valence-corrected chi connectivity index (χ3v) is 6.42. The van der Waals surface area contributed by atoms with Gasteiger partial charge < -0.3 is 15.1 Å². The Morgan fingerprint density at radius 3 is 2.38 bits per heavy atom. The smallest absolute Gasteiger partial charge is 0.227 e. The summed E-state index contributed by atoms with van der Waals surface area (Å²) < 4.78 is 0. The molecule has 1 aliphatic heterocycles. The molecular formula is C21H29N3O2. The van der Waals surface area contributed by atoms with Gasteiger partial charge in [-0.05, 0) is 44.9 Å². The van der Waals surface area contributed by atoms with E-state index in [0.717, 1.165) is 69.7 Å². The van der Waals surface area contributed by atoms with Crippen molar-refractivity contribution in [2.24, 2.45) is 17.8 Å². The molecule has 2 saturated carbocycles. The number of ketones is 1. The molecule has 2 atom stereocenters. The number of hydrogen-bond acceptors (Lipinski definition) is 4. The standard InChI is InChI=1S/C21H29N3O2/c1-23-9-11-24(12-10-23)19-8-3-2-7-18(19)22-21(26)17-13-15-5-4-6-16(14-17)20(15)25/h2-3,7-8,15-17H,4-6,9-14H2,1H3,(H,22,26). The first-order valence-electron chi connectivity index (χ1n) is 9.99. The number of nitrogens with one attached hydrogen (secondary N) is 1. The first-order chi connectivity index (χ1) is 12.6. The van der Waals surface area contributed by atoms with Crippen LogP contribution in [-0.2, 0) is 9.59 Å². The number of amides is 1. The van der Waals surface area contributed by atoms with Crippen molar-refractivity contribution in [2.45, 2.75) is 32.1 Å². The first kappa shape index (κ1) is 17.5. The first-order valence-corrected chi connectivity index (χ1v) is 9.99. The van der Waals surface area contributed by atoms with Crippen LogP contribution in [0.15, 0.2) is 24.3 Å². The minimum atomic E-state index is -0.0245. The number of Topliss-reactive ketones (excluding diaryl/α,β-unsaturated/α-hetero) is 1. The lowest BCUT2D eigenvalue weighted by Crippen LogP contribution is -2.45. The normalized spacial score (nSPS) is 29.5. The Balaban J connectivity index is 1.46. The zero-order chi connectivity index (χ0) is 18.1. The Hall–Kier alpha value is -1.88. The van der Waals surface area contributed by atoms with E-state index in [1.165, 1.54) is 0 Å². The molecule has 1 saturated heterocycles. The summed E-state index contributed by atoms with van der Waals surface area (Å²) in [5.74, 6) is 0.718. The molecule has 1 N–H and O–H groups in total. The van der Waals surface area contributed by atoms with Gasteiger partial charge in [-0.15, -0.1) is 0 Å². The van der Waals surface area contributed by atoms with Crippen molar-refractivity contribution in [1.29, 1.82) is 0 Å². The van der Waals surface area contributed by atoms with Gasteiger partial charge in [-0.2, -0.15) is 0 Å². The molecule has 1 aromatic rings. The van der Waals surface area contributed by atoms with Crippen molar-refractivity contribution in [3.63, 3.8) is 0 Å². The zero-order valence-electron chi connectivity index (χ0n) is 15.6. The molecular weight excluding hydrogens is 326 g/mol. The predicted octanol–water partition coefficient (Wildman–Crippen LogP) is 2.77. The van der Waals surface area contributed by atoms with Crippen molar-refractivity contribution in [1.82, 2.24) is 4.90 Å². The van der Waals surface area contributed by atoms with Crippen molar-refractivity contribution in [2.75, 3.05) is 43.4 Å². The Labute approximate surface area is 155 Å². The maximum Gasteiger partial charge on any atom is 0.227 e. The summed E-state index contributed by atoms with van der Waals surface area (Å²) >= 11 is 0. The number of para-hydroxylation sites is 2. The molecule has 2 aliphatic carbocycles. The van der Waals surface area contributed by atoms with Gasteiger partial charge in [-0.25, -0.2) is 0 Å². The average Bonchev–Trinajstić information content (AvgIpc) is 2.63. The van der Waals surface area contributed by atoms with Crippen LogP contribution in [0.5, 0.6) is 0 Å². The number of piperazine rings is 1. The monoisotopic (exact) mass is 355 g/mol. The molecule has 5 heteroatoms. The molecule has 26 heavy (non-hydrogen) atoms. The quantitative estimate of drug-likeness (QED) is 0.906. The molecule has 4 rings (SSSR count). The van der Waals surface area contributed by atoms with Crippen LogP contribution in [0.4, 0.5) is 11.4 Å². The van der Waals surface area contributed by atoms with E-state index in [0.29, 0.717) is 5.78 Å². The Morgan fingerprint density at radius 2 is 1.69 bits per heavy atom. The fourth-order valence-corrected chi connectivity index (χ4v) is 4.83. The van der Waals surface area contributed by atoms with Gasteiger partial charge in [-0.1, -0.05) is 18.6 Å². The molecule has 0 aromatic heterocycles. The van der Waals surface area contributed by atoms with Crippen molar-refractivity contribution in [3.8, 4) is 0 Å². The summed E-state index contributed by atoms with van der Waals surface area (Å²) in [4.78, 5) is 29.9. The van der Waals surface area contributed by atoms with E-state index in [9.17, 15) is 9.59 Å². The SMILES string of the molecule is CN1CCN(c2ccccc2NC(=O)C2CC3CCCC(C2)C3=O)CC1. The van der Waals surface area contributed by atoms with Crippen LogP contribution in [0.2, 0.25) is 0 Å². The molecule has 2 bridgehead atoms. The topological polar surface area (TPSA) is 52.6 Å². The minimum Gasteiger partial charge on any atom is -0.367 e. The average molecular weight is 355 g/mol. The summed E-state index contributed by atoms with van der Waals surface area (Å²) in [6.07, 6.45) is 4.55. The van der Waals surface area contributed by atoms with E-state index in [4.69, 9.17) is 0 Å². The highest BCUT2D eigenvalue weighted by Gasteiger charge is 2.41. The third kappa shape index (κ3) is 3.50. The van der Waals surface area contributed by atoms with Gasteiger partial charge in [0, 0.05) is 43.9 Å². The van der Waals surface area contributed by atoms with Crippen LogP contribution in [0.25, 0.3) is 0 Å². The van der Waals surface area contributed by atoms with E-state index in [-0.39, 0.29) is 23.7 Å². The summed E-state index contributed by atoms with van der Waals surface area (Å²) in [5.41, 5.74) is 2.02. The molecule has 0 spiro atoms. The molecule has 1 heterocycles. The van der Waals surface area contributed by atoms with E-state index < -0.39 is 0 Å². The second-order valence-corrected chi connectivity index (χ2v) is 8.19. The molecule has 1 amide bonds. The number of nitrogens with zero attached hydrogens (tertiary/aromatic N) is 2. The van der Waals surface area contributed by atoms with Crippen LogP contribution < -0.4 is 10.2 Å². The van der Waals surface area contributed by atoms with Crippen LogP contribution >= 0.6 is 0 Å². The van der Waals surface area contributed by atoms with Crippen LogP contribution in [-0.4, -0.2) is 49.8 Å². The van der Waals surface area contributed by atoms with Crippen molar-refractivity contribution in [3.05, 3.63) is 24.3 Å². The van der Waals surface area contributed by atoms with E-state index in [1.54, 1.807) is 0 Å². The highest BCUT2D eigenvalue weighted by molar-refractivity contribution is 5.97. The number of likely N-dealkylation sites (N-methyl/N-ethyl adjacent to an activating group) is 1. The molecule has 5 nitrogen and oxygen atoms in total. The van der Waals surface area contributed by atoms with E-state index in [1.807, 2.05) is 18.2 Å². The zero-order valence-corrected chi connectivity index (χ0v) is 15.6.